The van der Waals surface area contributed by atoms with E-state index in [1.807, 2.05) is 64.1 Å². The summed E-state index contributed by atoms with van der Waals surface area (Å²) in [6.45, 7) is 9.57. The summed E-state index contributed by atoms with van der Waals surface area (Å²) in [7, 11) is -3.74. The first kappa shape index (κ1) is 26.4. The molecular formula is C25H35N3O4S. The van der Waals surface area contributed by atoms with Gasteiger partial charge in [0.25, 0.3) is 0 Å². The third kappa shape index (κ3) is 7.05. The molecule has 0 aliphatic rings. The Morgan fingerprint density at radius 1 is 1.03 bits per heavy atom. The van der Waals surface area contributed by atoms with E-state index in [4.69, 9.17) is 0 Å². The second-order valence-corrected chi connectivity index (χ2v) is 10.4. The summed E-state index contributed by atoms with van der Waals surface area (Å²) in [5.41, 5.74) is 3.99. The molecule has 2 aromatic carbocycles. The van der Waals surface area contributed by atoms with E-state index < -0.39 is 22.0 Å². The van der Waals surface area contributed by atoms with Crippen LogP contribution in [0.15, 0.2) is 42.5 Å². The Balaban J connectivity index is 2.43. The maximum atomic E-state index is 13.5. The molecular weight excluding hydrogens is 438 g/mol. The predicted octanol–water partition coefficient (Wildman–Crippen LogP) is 3.32. The quantitative estimate of drug-likeness (QED) is 0.574. The fourth-order valence-corrected chi connectivity index (χ4v) is 4.43. The molecule has 0 bridgehead atoms. The van der Waals surface area contributed by atoms with Crippen molar-refractivity contribution >= 4 is 27.5 Å². The lowest BCUT2D eigenvalue weighted by molar-refractivity contribution is -0.139. The Kier molecular flexibility index (Phi) is 9.05. The molecule has 0 heterocycles. The fourth-order valence-electron chi connectivity index (χ4n) is 3.53. The van der Waals surface area contributed by atoms with Crippen molar-refractivity contribution in [1.29, 1.82) is 0 Å². The van der Waals surface area contributed by atoms with Crippen LogP contribution in [0.25, 0.3) is 0 Å². The average Bonchev–Trinajstić information content (AvgIpc) is 2.75. The number of hydrogen-bond donors (Lipinski definition) is 1. The molecule has 33 heavy (non-hydrogen) atoms. The third-order valence-corrected chi connectivity index (χ3v) is 6.76. The van der Waals surface area contributed by atoms with Gasteiger partial charge in [-0.3, -0.25) is 13.9 Å². The summed E-state index contributed by atoms with van der Waals surface area (Å²) in [6, 6.07) is 12.4. The van der Waals surface area contributed by atoms with Crippen molar-refractivity contribution in [3.8, 4) is 0 Å². The van der Waals surface area contributed by atoms with Crippen molar-refractivity contribution in [2.75, 3.05) is 23.7 Å². The summed E-state index contributed by atoms with van der Waals surface area (Å²) in [5.74, 6) is -0.708. The Bertz CT molecular complexity index is 1100. The van der Waals surface area contributed by atoms with Crippen LogP contribution in [0.3, 0.4) is 0 Å². The lowest BCUT2D eigenvalue weighted by Gasteiger charge is -2.32. The first-order valence-electron chi connectivity index (χ1n) is 11.1. The molecule has 1 atom stereocenters. The normalized spacial score (nSPS) is 12.2. The van der Waals surface area contributed by atoms with Gasteiger partial charge in [-0.1, -0.05) is 43.3 Å². The number of rotatable bonds is 10. The van der Waals surface area contributed by atoms with Crippen LogP contribution in [0.5, 0.6) is 0 Å². The van der Waals surface area contributed by atoms with E-state index in [2.05, 4.69) is 5.32 Å². The zero-order valence-electron chi connectivity index (χ0n) is 20.4. The van der Waals surface area contributed by atoms with Gasteiger partial charge in [0.2, 0.25) is 21.8 Å². The highest BCUT2D eigenvalue weighted by Crippen LogP contribution is 2.24. The Labute approximate surface area is 197 Å². The molecule has 0 saturated carbocycles. The minimum atomic E-state index is -3.74. The second kappa shape index (κ2) is 11.3. The van der Waals surface area contributed by atoms with Crippen LogP contribution < -0.4 is 9.62 Å². The van der Waals surface area contributed by atoms with Crippen molar-refractivity contribution in [2.24, 2.45) is 0 Å². The standard InChI is InChI=1S/C25H35N3O4S/c1-7-14-26-25(30)21(5)27(16-22-11-9-8-10-19(22)3)24(29)17-28(33(6,31)32)23-15-18(2)12-13-20(23)4/h8-13,15,21H,7,14,16-17H2,1-6H3,(H,26,30)/t21-/m0/s1. The van der Waals surface area contributed by atoms with Gasteiger partial charge in [0.05, 0.1) is 11.9 Å². The number of aryl methyl sites for hydroxylation is 3. The molecule has 2 rings (SSSR count). The SMILES string of the molecule is CCCNC(=O)[C@H](C)N(Cc1ccccc1C)C(=O)CN(c1cc(C)ccc1C)S(C)(=O)=O. The monoisotopic (exact) mass is 473 g/mol. The van der Waals surface area contributed by atoms with E-state index in [0.29, 0.717) is 12.2 Å². The van der Waals surface area contributed by atoms with Gasteiger partial charge in [-0.15, -0.1) is 0 Å². The topological polar surface area (TPSA) is 86.8 Å². The molecule has 2 aromatic rings. The van der Waals surface area contributed by atoms with E-state index in [1.165, 1.54) is 4.90 Å². The summed E-state index contributed by atoms with van der Waals surface area (Å²) in [5, 5.41) is 2.83. The molecule has 7 nitrogen and oxygen atoms in total. The van der Waals surface area contributed by atoms with Gasteiger partial charge in [-0.05, 0) is 62.4 Å². The van der Waals surface area contributed by atoms with Gasteiger partial charge in [0.1, 0.15) is 12.6 Å². The number of sulfonamides is 1. The zero-order chi connectivity index (χ0) is 24.8. The van der Waals surface area contributed by atoms with E-state index in [1.54, 1.807) is 13.0 Å². The molecule has 0 radical (unpaired) electrons. The summed E-state index contributed by atoms with van der Waals surface area (Å²) in [6.07, 6.45) is 1.86. The number of carbonyl (C=O) groups is 2. The molecule has 180 valence electrons. The van der Waals surface area contributed by atoms with Crippen LogP contribution in [-0.4, -0.2) is 50.5 Å². The lowest BCUT2D eigenvalue weighted by atomic mass is 10.1. The van der Waals surface area contributed by atoms with E-state index in [9.17, 15) is 18.0 Å². The van der Waals surface area contributed by atoms with Crippen molar-refractivity contribution in [1.82, 2.24) is 10.2 Å². The highest BCUT2D eigenvalue weighted by molar-refractivity contribution is 7.92. The largest absolute Gasteiger partial charge is 0.354 e. The van der Waals surface area contributed by atoms with Crippen LogP contribution in [0.4, 0.5) is 5.69 Å². The van der Waals surface area contributed by atoms with E-state index >= 15 is 0 Å². The maximum Gasteiger partial charge on any atom is 0.244 e. The average molecular weight is 474 g/mol. The number of hydrogen-bond acceptors (Lipinski definition) is 4. The smallest absolute Gasteiger partial charge is 0.244 e. The Morgan fingerprint density at radius 2 is 1.70 bits per heavy atom. The van der Waals surface area contributed by atoms with Crippen LogP contribution in [0.2, 0.25) is 0 Å². The molecule has 0 aliphatic heterocycles. The minimum Gasteiger partial charge on any atom is -0.354 e. The fraction of sp³-hybridized carbons (Fsp3) is 0.440. The highest BCUT2D eigenvalue weighted by Gasteiger charge is 2.30. The van der Waals surface area contributed by atoms with Crippen molar-refractivity contribution < 1.29 is 18.0 Å². The third-order valence-electron chi connectivity index (χ3n) is 5.63. The first-order valence-corrected chi connectivity index (χ1v) is 13.0. The van der Waals surface area contributed by atoms with Crippen LogP contribution in [-0.2, 0) is 26.2 Å². The Hall–Kier alpha value is -2.87. The molecule has 0 fully saturated rings. The van der Waals surface area contributed by atoms with E-state index in [-0.39, 0.29) is 19.0 Å². The van der Waals surface area contributed by atoms with Gasteiger partial charge in [-0.2, -0.15) is 0 Å². The number of carbonyl (C=O) groups excluding carboxylic acids is 2. The molecule has 0 unspecified atom stereocenters. The van der Waals surface area contributed by atoms with Crippen LogP contribution >= 0.6 is 0 Å². The zero-order valence-corrected chi connectivity index (χ0v) is 21.2. The van der Waals surface area contributed by atoms with E-state index in [0.717, 1.165) is 39.2 Å². The molecule has 0 aromatic heterocycles. The summed E-state index contributed by atoms with van der Waals surface area (Å²) in [4.78, 5) is 27.7. The number of nitrogens with one attached hydrogen (secondary N) is 1. The van der Waals surface area contributed by atoms with Crippen molar-refractivity contribution in [3.63, 3.8) is 0 Å². The molecule has 8 heteroatoms. The molecule has 0 saturated heterocycles. The van der Waals surface area contributed by atoms with Crippen LogP contribution in [0.1, 0.15) is 42.5 Å². The van der Waals surface area contributed by atoms with Gasteiger partial charge < -0.3 is 10.2 Å². The minimum absolute atomic E-state index is 0.205. The molecule has 0 aliphatic carbocycles. The number of anilines is 1. The van der Waals surface area contributed by atoms with Gasteiger partial charge in [-0.25, -0.2) is 8.42 Å². The van der Waals surface area contributed by atoms with Crippen molar-refractivity contribution in [3.05, 3.63) is 64.7 Å². The second-order valence-electron chi connectivity index (χ2n) is 8.47. The summed E-state index contributed by atoms with van der Waals surface area (Å²) >= 11 is 0. The van der Waals surface area contributed by atoms with Gasteiger partial charge in [0, 0.05) is 13.1 Å². The van der Waals surface area contributed by atoms with Gasteiger partial charge >= 0.3 is 0 Å². The van der Waals surface area contributed by atoms with Gasteiger partial charge in [0.15, 0.2) is 0 Å². The maximum absolute atomic E-state index is 13.5. The number of benzene rings is 2. The lowest BCUT2D eigenvalue weighted by Crippen LogP contribution is -2.51. The first-order chi connectivity index (χ1) is 15.5. The number of amides is 2. The van der Waals surface area contributed by atoms with Crippen LogP contribution in [0, 0.1) is 20.8 Å². The van der Waals surface area contributed by atoms with Crippen molar-refractivity contribution in [2.45, 2.75) is 53.6 Å². The Morgan fingerprint density at radius 3 is 2.30 bits per heavy atom. The number of nitrogens with zero attached hydrogens (tertiary/aromatic N) is 2. The predicted molar refractivity (Wildman–Crippen MR) is 133 cm³/mol. The molecule has 0 spiro atoms. The molecule has 1 N–H and O–H groups in total. The molecule has 2 amide bonds. The highest BCUT2D eigenvalue weighted by atomic mass is 32.2. The summed E-state index contributed by atoms with van der Waals surface area (Å²) < 4.78 is 26.5.